The van der Waals surface area contributed by atoms with Crippen molar-refractivity contribution in [1.82, 2.24) is 0 Å². The van der Waals surface area contributed by atoms with Crippen molar-refractivity contribution in [3.8, 4) is 22.3 Å². The number of aliphatic hydroxyl groups is 2. The molecule has 2 N–H and O–H groups in total. The summed E-state index contributed by atoms with van der Waals surface area (Å²) >= 11 is 0. The number of halogens is 6. The molecule has 10 heteroatoms. The van der Waals surface area contributed by atoms with Crippen LogP contribution in [0.4, 0.5) is 26.3 Å². The number of aldehydes is 2. The Morgan fingerprint density at radius 1 is 0.592 bits per heavy atom. The molecule has 0 aromatic heterocycles. The van der Waals surface area contributed by atoms with Crippen molar-refractivity contribution in [2.24, 2.45) is 0 Å². The largest absolute Gasteiger partial charge is 0.421 e. The fourth-order valence-corrected chi connectivity index (χ4v) is 5.22. The predicted octanol–water partition coefficient (Wildman–Crippen LogP) is 10.5. The van der Waals surface area contributed by atoms with Gasteiger partial charge in [0.2, 0.25) is 0 Å². The van der Waals surface area contributed by atoms with Gasteiger partial charge in [0.25, 0.3) is 0 Å². The Balaban J connectivity index is 0.000000266. The molecule has 4 rings (SSSR count). The zero-order chi connectivity index (χ0) is 36.9. The van der Waals surface area contributed by atoms with Crippen molar-refractivity contribution < 1.29 is 46.1 Å². The number of benzene rings is 4. The quantitative estimate of drug-likeness (QED) is 0.136. The highest BCUT2D eigenvalue weighted by Gasteiger charge is 2.51. The van der Waals surface area contributed by atoms with E-state index in [9.17, 15) is 46.1 Å². The highest BCUT2D eigenvalue weighted by molar-refractivity contribution is 5.80. The van der Waals surface area contributed by atoms with Crippen molar-refractivity contribution in [1.29, 1.82) is 0 Å². The number of hydrogen-bond acceptors (Lipinski definition) is 4. The molecule has 0 aliphatic heterocycles. The van der Waals surface area contributed by atoms with E-state index in [2.05, 4.69) is 0 Å². The minimum Gasteiger partial charge on any atom is -0.376 e. The molecule has 0 heterocycles. The Kier molecular flexibility index (Phi) is 12.1. The second kappa shape index (κ2) is 15.1. The van der Waals surface area contributed by atoms with Crippen LogP contribution in [0.15, 0.2) is 84.9 Å². The first-order chi connectivity index (χ1) is 22.7. The molecule has 0 amide bonds. The number of carbonyl (C=O) groups is 2. The number of carbonyl (C=O) groups excluding carboxylic acids is 2. The average Bonchev–Trinajstić information content (AvgIpc) is 3.06. The Hall–Kier alpha value is -4.28. The maximum Gasteiger partial charge on any atom is 0.421 e. The molecule has 3 atom stereocenters. The fraction of sp³-hybridized carbons (Fsp3) is 0.333. The van der Waals surface area contributed by atoms with Crippen LogP contribution in [0, 0.1) is 0 Å². The topological polar surface area (TPSA) is 74.6 Å². The van der Waals surface area contributed by atoms with E-state index < -0.39 is 23.6 Å². The minimum absolute atomic E-state index is 0.151. The monoisotopic (exact) mass is 686 g/mol. The van der Waals surface area contributed by atoms with Gasteiger partial charge in [-0.15, -0.1) is 0 Å². The van der Waals surface area contributed by atoms with Gasteiger partial charge in [0.05, 0.1) is 0 Å². The summed E-state index contributed by atoms with van der Waals surface area (Å²) in [6.07, 6.45) is -7.08. The molecule has 4 aromatic carbocycles. The third-order valence-corrected chi connectivity index (χ3v) is 8.81. The lowest BCUT2D eigenvalue weighted by Crippen LogP contribution is -2.39. The highest BCUT2D eigenvalue weighted by Crippen LogP contribution is 2.41. The second-order valence-corrected chi connectivity index (χ2v) is 12.7. The fourth-order valence-electron chi connectivity index (χ4n) is 5.22. The van der Waals surface area contributed by atoms with Crippen LogP contribution in [0.1, 0.15) is 103 Å². The molecule has 4 nitrogen and oxygen atoms in total. The van der Waals surface area contributed by atoms with E-state index in [1.54, 1.807) is 48.5 Å². The van der Waals surface area contributed by atoms with E-state index in [1.165, 1.54) is 24.3 Å². The van der Waals surface area contributed by atoms with Crippen LogP contribution in [-0.4, -0.2) is 35.1 Å². The molecule has 4 aromatic rings. The standard InChI is InChI=1S/C20H21F3O2.C19H19F3O2/c1-4-13(2)18-11-14(12-24)5-10-17(18)15-6-8-16(9-7-15)19(3,25)20(21,22)23;1-12(2)17-10-13(11-23)4-9-16(17)14-5-7-15(8-6-14)18(3,24)19(20,21)22/h5-13,25H,4H2,1-3H3;4-12,24H,1-3H3. The summed E-state index contributed by atoms with van der Waals surface area (Å²) in [6, 6.07) is 21.9. The van der Waals surface area contributed by atoms with Crippen molar-refractivity contribution in [3.05, 3.63) is 118 Å². The van der Waals surface area contributed by atoms with E-state index >= 15 is 0 Å². The molecule has 0 aliphatic carbocycles. The molecular formula is C39H40F6O4. The highest BCUT2D eigenvalue weighted by atomic mass is 19.4. The molecule has 3 unspecified atom stereocenters. The van der Waals surface area contributed by atoms with Crippen molar-refractivity contribution in [3.63, 3.8) is 0 Å². The third kappa shape index (κ3) is 8.66. The van der Waals surface area contributed by atoms with Gasteiger partial charge in [0.1, 0.15) is 12.6 Å². The van der Waals surface area contributed by atoms with Crippen molar-refractivity contribution >= 4 is 12.6 Å². The summed E-state index contributed by atoms with van der Waals surface area (Å²) in [4.78, 5) is 22.0. The molecular weight excluding hydrogens is 646 g/mol. The first kappa shape index (κ1) is 39.2. The summed E-state index contributed by atoms with van der Waals surface area (Å²) in [7, 11) is 0. The van der Waals surface area contributed by atoms with E-state index in [0.717, 1.165) is 66.2 Å². The Bertz CT molecular complexity index is 1740. The van der Waals surface area contributed by atoms with Gasteiger partial charge >= 0.3 is 12.4 Å². The van der Waals surface area contributed by atoms with E-state index in [0.29, 0.717) is 11.1 Å². The molecule has 0 aliphatic rings. The van der Waals surface area contributed by atoms with Crippen LogP contribution < -0.4 is 0 Å². The van der Waals surface area contributed by atoms with Gasteiger partial charge in [0.15, 0.2) is 11.2 Å². The molecule has 0 fully saturated rings. The molecule has 0 spiro atoms. The van der Waals surface area contributed by atoms with Gasteiger partial charge in [-0.2, -0.15) is 26.3 Å². The lowest BCUT2D eigenvalue weighted by atomic mass is 9.87. The average molecular weight is 687 g/mol. The molecule has 262 valence electrons. The van der Waals surface area contributed by atoms with Gasteiger partial charge in [0, 0.05) is 11.1 Å². The van der Waals surface area contributed by atoms with Crippen LogP contribution in [0.3, 0.4) is 0 Å². The maximum absolute atomic E-state index is 13.0. The van der Waals surface area contributed by atoms with Crippen LogP contribution in [0.25, 0.3) is 22.3 Å². The summed E-state index contributed by atoms with van der Waals surface area (Å²) in [6.45, 7) is 9.51. The van der Waals surface area contributed by atoms with Crippen molar-refractivity contribution in [2.45, 2.75) is 83.4 Å². The van der Waals surface area contributed by atoms with Crippen LogP contribution in [0.5, 0.6) is 0 Å². The summed E-state index contributed by atoms with van der Waals surface area (Å²) in [5, 5.41) is 19.5. The van der Waals surface area contributed by atoms with Gasteiger partial charge in [-0.05, 0) is 88.7 Å². The van der Waals surface area contributed by atoms with Gasteiger partial charge in [-0.3, -0.25) is 9.59 Å². The van der Waals surface area contributed by atoms with Gasteiger partial charge < -0.3 is 10.2 Å². The third-order valence-electron chi connectivity index (χ3n) is 8.81. The number of alkyl halides is 6. The van der Waals surface area contributed by atoms with E-state index in [-0.39, 0.29) is 23.0 Å². The lowest BCUT2D eigenvalue weighted by molar-refractivity contribution is -0.259. The normalized spacial score (nSPS) is 15.0. The molecule has 49 heavy (non-hydrogen) atoms. The molecule has 0 bridgehead atoms. The second-order valence-electron chi connectivity index (χ2n) is 12.7. The van der Waals surface area contributed by atoms with Gasteiger partial charge in [-0.1, -0.05) is 100 Å². The van der Waals surface area contributed by atoms with Crippen LogP contribution in [-0.2, 0) is 11.2 Å². The van der Waals surface area contributed by atoms with E-state index in [4.69, 9.17) is 0 Å². The zero-order valence-electron chi connectivity index (χ0n) is 28.1. The first-order valence-corrected chi connectivity index (χ1v) is 15.7. The van der Waals surface area contributed by atoms with Crippen molar-refractivity contribution in [2.75, 3.05) is 0 Å². The lowest BCUT2D eigenvalue weighted by Gasteiger charge is -2.27. The first-order valence-electron chi connectivity index (χ1n) is 15.7. The SMILES string of the molecule is CC(C)c1cc(C=O)ccc1-c1ccc(C(C)(O)C(F)(F)F)cc1.CCC(C)c1cc(C=O)ccc1-c1ccc(C(C)(O)C(F)(F)F)cc1. The number of hydrogen-bond donors (Lipinski definition) is 2. The smallest absolute Gasteiger partial charge is 0.376 e. The Morgan fingerprint density at radius 3 is 1.24 bits per heavy atom. The predicted molar refractivity (Wildman–Crippen MR) is 179 cm³/mol. The maximum atomic E-state index is 13.0. The van der Waals surface area contributed by atoms with Crippen LogP contribution >= 0.6 is 0 Å². The summed E-state index contributed by atoms with van der Waals surface area (Å²) in [5.41, 5.74) is 0.0272. The zero-order valence-corrected chi connectivity index (χ0v) is 28.1. The van der Waals surface area contributed by atoms with Gasteiger partial charge in [-0.25, -0.2) is 0 Å². The van der Waals surface area contributed by atoms with Crippen LogP contribution in [0.2, 0.25) is 0 Å². The Labute approximate surface area is 282 Å². The molecule has 0 saturated carbocycles. The molecule has 0 radical (unpaired) electrons. The number of rotatable bonds is 9. The minimum atomic E-state index is -4.75. The summed E-state index contributed by atoms with van der Waals surface area (Å²) in [5.74, 6) is 0.353. The van der Waals surface area contributed by atoms with E-state index in [1.807, 2.05) is 39.8 Å². The summed E-state index contributed by atoms with van der Waals surface area (Å²) < 4.78 is 77.6. The Morgan fingerprint density at radius 2 is 0.939 bits per heavy atom. The molecule has 0 saturated heterocycles.